The highest BCUT2D eigenvalue weighted by Crippen LogP contribution is 2.37. The summed E-state index contributed by atoms with van der Waals surface area (Å²) in [6, 6.07) is 8.51. The molecule has 0 bridgehead atoms. The second-order valence-electron chi connectivity index (χ2n) is 3.31. The first kappa shape index (κ1) is 12.1. The zero-order valence-corrected chi connectivity index (χ0v) is 9.35. The van der Waals surface area contributed by atoms with Gasteiger partial charge in [0.15, 0.2) is 5.01 Å². The number of hydrogen-bond donors (Lipinski definition) is 1. The predicted octanol–water partition coefficient (Wildman–Crippen LogP) is 3.32. The monoisotopic (exact) mass is 259 g/mol. The van der Waals surface area contributed by atoms with Crippen LogP contribution in [0.25, 0.3) is 11.3 Å². The van der Waals surface area contributed by atoms with E-state index in [1.807, 2.05) is 0 Å². The van der Waals surface area contributed by atoms with E-state index in [1.165, 1.54) is 0 Å². The van der Waals surface area contributed by atoms with Gasteiger partial charge in [-0.2, -0.15) is 13.2 Å². The first-order valence-corrected chi connectivity index (χ1v) is 5.57. The number of rotatable bonds is 2. The standard InChI is InChI=1S/C11H8F3NOS/c12-11(13,14)10-15-9(8(6-16)17-10)7-4-2-1-3-5-7/h1-5,16H,6H2. The molecule has 0 amide bonds. The van der Waals surface area contributed by atoms with E-state index in [4.69, 9.17) is 5.11 Å². The minimum absolute atomic E-state index is 0.199. The van der Waals surface area contributed by atoms with Crippen molar-refractivity contribution in [1.29, 1.82) is 0 Å². The normalized spacial score (nSPS) is 11.8. The molecule has 90 valence electrons. The van der Waals surface area contributed by atoms with Gasteiger partial charge in [-0.15, -0.1) is 11.3 Å². The Bertz CT molecular complexity index is 507. The first-order chi connectivity index (χ1) is 8.02. The number of benzene rings is 1. The van der Waals surface area contributed by atoms with Gasteiger partial charge in [0.25, 0.3) is 0 Å². The molecule has 2 nitrogen and oxygen atoms in total. The van der Waals surface area contributed by atoms with Crippen molar-refractivity contribution < 1.29 is 18.3 Å². The van der Waals surface area contributed by atoms with Gasteiger partial charge in [-0.25, -0.2) is 4.98 Å². The maximum absolute atomic E-state index is 12.5. The second-order valence-corrected chi connectivity index (χ2v) is 4.40. The van der Waals surface area contributed by atoms with Crippen molar-refractivity contribution in [2.24, 2.45) is 0 Å². The van der Waals surface area contributed by atoms with Crippen LogP contribution >= 0.6 is 11.3 Å². The third-order valence-corrected chi connectivity index (χ3v) is 3.22. The van der Waals surface area contributed by atoms with Gasteiger partial charge in [0.1, 0.15) is 0 Å². The molecule has 1 heterocycles. The molecule has 0 saturated heterocycles. The average molecular weight is 259 g/mol. The summed E-state index contributed by atoms with van der Waals surface area (Å²) in [4.78, 5) is 3.78. The highest BCUT2D eigenvalue weighted by Gasteiger charge is 2.36. The van der Waals surface area contributed by atoms with Gasteiger partial charge in [-0.3, -0.25) is 0 Å². The van der Waals surface area contributed by atoms with E-state index in [9.17, 15) is 13.2 Å². The fraction of sp³-hybridized carbons (Fsp3) is 0.182. The molecule has 2 rings (SSSR count). The van der Waals surface area contributed by atoms with Crippen LogP contribution in [-0.4, -0.2) is 10.1 Å². The van der Waals surface area contributed by atoms with Crippen molar-refractivity contribution >= 4 is 11.3 Å². The minimum atomic E-state index is -4.47. The van der Waals surface area contributed by atoms with E-state index in [0.29, 0.717) is 16.9 Å². The van der Waals surface area contributed by atoms with Crippen LogP contribution in [0, 0.1) is 0 Å². The molecule has 0 aliphatic rings. The maximum Gasteiger partial charge on any atom is 0.443 e. The Morgan fingerprint density at radius 1 is 1.18 bits per heavy atom. The summed E-state index contributed by atoms with van der Waals surface area (Å²) < 4.78 is 37.5. The number of aliphatic hydroxyl groups excluding tert-OH is 1. The smallest absolute Gasteiger partial charge is 0.391 e. The molecule has 1 aromatic heterocycles. The molecular weight excluding hydrogens is 251 g/mol. The third-order valence-electron chi connectivity index (χ3n) is 2.13. The minimum Gasteiger partial charge on any atom is -0.391 e. The maximum atomic E-state index is 12.5. The van der Waals surface area contributed by atoms with Crippen LogP contribution in [0.5, 0.6) is 0 Å². The Kier molecular flexibility index (Phi) is 3.17. The molecule has 1 aromatic carbocycles. The third kappa shape index (κ3) is 2.48. The van der Waals surface area contributed by atoms with Crippen molar-refractivity contribution in [3.05, 3.63) is 40.2 Å². The Morgan fingerprint density at radius 3 is 2.35 bits per heavy atom. The Balaban J connectivity index is 2.51. The highest BCUT2D eigenvalue weighted by molar-refractivity contribution is 7.12. The number of aliphatic hydroxyl groups is 1. The molecule has 0 unspecified atom stereocenters. The molecule has 1 N–H and O–H groups in total. The predicted molar refractivity (Wildman–Crippen MR) is 58.5 cm³/mol. The Morgan fingerprint density at radius 2 is 1.82 bits per heavy atom. The largest absolute Gasteiger partial charge is 0.443 e. The van der Waals surface area contributed by atoms with E-state index in [0.717, 1.165) is 0 Å². The van der Waals surface area contributed by atoms with E-state index in [1.54, 1.807) is 30.3 Å². The lowest BCUT2D eigenvalue weighted by atomic mass is 10.1. The number of halogens is 3. The summed E-state index contributed by atoms with van der Waals surface area (Å²) in [5, 5.41) is 8.13. The van der Waals surface area contributed by atoms with Crippen LogP contribution in [0.15, 0.2) is 30.3 Å². The van der Waals surface area contributed by atoms with Crippen molar-refractivity contribution in [1.82, 2.24) is 4.98 Å². The molecule has 0 fully saturated rings. The summed E-state index contributed by atoms with van der Waals surface area (Å²) >= 11 is 0.475. The number of aromatic nitrogens is 1. The lowest BCUT2D eigenvalue weighted by Gasteiger charge is -1.99. The van der Waals surface area contributed by atoms with Crippen molar-refractivity contribution in [2.45, 2.75) is 12.8 Å². The van der Waals surface area contributed by atoms with Gasteiger partial charge in [0, 0.05) is 5.56 Å². The van der Waals surface area contributed by atoms with Crippen LogP contribution in [0.2, 0.25) is 0 Å². The number of alkyl halides is 3. The Labute approximate surface area is 99.4 Å². The van der Waals surface area contributed by atoms with Crippen molar-refractivity contribution in [2.75, 3.05) is 0 Å². The summed E-state index contributed by atoms with van der Waals surface area (Å²) in [5.74, 6) is 0. The van der Waals surface area contributed by atoms with Crippen LogP contribution in [0.1, 0.15) is 9.88 Å². The topological polar surface area (TPSA) is 33.1 Å². The molecule has 0 saturated carbocycles. The van der Waals surface area contributed by atoms with E-state index >= 15 is 0 Å². The molecule has 0 radical (unpaired) electrons. The summed E-state index contributed by atoms with van der Waals surface area (Å²) in [7, 11) is 0. The van der Waals surface area contributed by atoms with Gasteiger partial charge in [-0.05, 0) is 0 Å². The summed E-state index contributed by atoms with van der Waals surface area (Å²) in [6.45, 7) is -0.446. The average Bonchev–Trinajstić information content (AvgIpc) is 2.73. The molecule has 2 aromatic rings. The Hall–Kier alpha value is -1.40. The van der Waals surface area contributed by atoms with Crippen LogP contribution in [-0.2, 0) is 12.8 Å². The molecule has 6 heteroatoms. The van der Waals surface area contributed by atoms with E-state index < -0.39 is 17.8 Å². The van der Waals surface area contributed by atoms with Crippen molar-refractivity contribution in [3.8, 4) is 11.3 Å². The molecule has 17 heavy (non-hydrogen) atoms. The summed E-state index contributed by atoms with van der Waals surface area (Å²) in [5.41, 5.74) is 0.772. The zero-order chi connectivity index (χ0) is 12.5. The lowest BCUT2D eigenvalue weighted by Crippen LogP contribution is -2.03. The quantitative estimate of drug-likeness (QED) is 0.897. The van der Waals surface area contributed by atoms with Crippen LogP contribution in [0.4, 0.5) is 13.2 Å². The fourth-order valence-corrected chi connectivity index (χ4v) is 2.21. The molecule has 0 spiro atoms. The van der Waals surface area contributed by atoms with Crippen LogP contribution in [0.3, 0.4) is 0 Å². The van der Waals surface area contributed by atoms with E-state index in [-0.39, 0.29) is 10.6 Å². The fourth-order valence-electron chi connectivity index (χ4n) is 1.40. The molecule has 0 aliphatic carbocycles. The van der Waals surface area contributed by atoms with Crippen LogP contribution < -0.4 is 0 Å². The van der Waals surface area contributed by atoms with Gasteiger partial charge in [0.05, 0.1) is 17.2 Å². The van der Waals surface area contributed by atoms with Gasteiger partial charge in [0.2, 0.25) is 0 Å². The zero-order valence-electron chi connectivity index (χ0n) is 8.53. The van der Waals surface area contributed by atoms with Gasteiger partial charge >= 0.3 is 6.18 Å². The number of nitrogens with zero attached hydrogens (tertiary/aromatic N) is 1. The first-order valence-electron chi connectivity index (χ1n) is 4.75. The van der Waals surface area contributed by atoms with E-state index in [2.05, 4.69) is 4.98 Å². The molecular formula is C11H8F3NOS. The van der Waals surface area contributed by atoms with Gasteiger partial charge < -0.3 is 5.11 Å². The summed E-state index contributed by atoms with van der Waals surface area (Å²) in [6.07, 6.45) is -4.47. The second kappa shape index (κ2) is 4.46. The lowest BCUT2D eigenvalue weighted by molar-refractivity contribution is -0.137. The highest BCUT2D eigenvalue weighted by atomic mass is 32.1. The molecule has 0 aliphatic heterocycles. The molecule has 0 atom stereocenters. The van der Waals surface area contributed by atoms with Crippen molar-refractivity contribution in [3.63, 3.8) is 0 Å². The SMILES string of the molecule is OCc1sc(C(F)(F)F)nc1-c1ccccc1. The van der Waals surface area contributed by atoms with Gasteiger partial charge in [-0.1, -0.05) is 30.3 Å². The number of thiazole rings is 1. The number of hydrogen-bond acceptors (Lipinski definition) is 3.